The fraction of sp³-hybridized carbons (Fsp3) is 0.741. The van der Waals surface area contributed by atoms with E-state index in [0.717, 1.165) is 31.2 Å². The van der Waals surface area contributed by atoms with Gasteiger partial charge in [-0.15, -0.1) is 0 Å². The predicted molar refractivity (Wildman–Crippen MR) is 129 cm³/mol. The summed E-state index contributed by atoms with van der Waals surface area (Å²) in [5.41, 5.74) is -0.629. The number of fused-ring (bicyclic) bond motifs is 3. The Bertz CT molecular complexity index is 896. The minimum absolute atomic E-state index is 0.0593. The molecule has 190 valence electrons. The summed E-state index contributed by atoms with van der Waals surface area (Å²) in [5, 5.41) is 10.1. The Balaban J connectivity index is 1.59. The number of morpholine rings is 1. The first-order valence-corrected chi connectivity index (χ1v) is 12.7. The number of ether oxygens (including phenoxy) is 4. The van der Waals surface area contributed by atoms with Crippen molar-refractivity contribution in [2.24, 2.45) is 11.8 Å². The molecule has 1 amide bonds. The highest BCUT2D eigenvalue weighted by Crippen LogP contribution is 2.54. The van der Waals surface area contributed by atoms with Crippen LogP contribution < -0.4 is 4.74 Å². The molecule has 2 fully saturated rings. The van der Waals surface area contributed by atoms with Gasteiger partial charge in [-0.3, -0.25) is 0 Å². The number of aromatic hydroxyl groups is 1. The number of hydrogen-bond donors (Lipinski definition) is 1. The molecule has 0 saturated carbocycles. The third kappa shape index (κ3) is 5.30. The molecule has 7 nitrogen and oxygen atoms in total. The third-order valence-electron chi connectivity index (χ3n) is 7.27. The van der Waals surface area contributed by atoms with E-state index in [1.54, 1.807) is 17.0 Å². The lowest BCUT2D eigenvalue weighted by atomic mass is 9.69. The second-order valence-corrected chi connectivity index (χ2v) is 11.9. The number of amides is 1. The van der Waals surface area contributed by atoms with E-state index in [2.05, 4.69) is 20.8 Å². The van der Waals surface area contributed by atoms with Gasteiger partial charge in [0.2, 0.25) is 0 Å². The third-order valence-corrected chi connectivity index (χ3v) is 7.27. The number of rotatable bonds is 4. The van der Waals surface area contributed by atoms with Gasteiger partial charge in [-0.2, -0.15) is 0 Å². The summed E-state index contributed by atoms with van der Waals surface area (Å²) >= 11 is 0. The quantitative estimate of drug-likeness (QED) is 0.624. The van der Waals surface area contributed by atoms with Crippen molar-refractivity contribution in [3.8, 4) is 11.5 Å². The molecule has 0 bridgehead atoms. The maximum Gasteiger partial charge on any atom is 0.410 e. The standard InChI is InChI=1S/C27H41NO6/c1-18(2)8-7-11-26(6)21-15-27(16-28(12-13-32-27)24(30)34-25(3,4)5)17-31-23(21)20-10-9-19(29)14-22(20)33-26/h9-10,14,18,21,23,29H,7-8,11-13,15-17H2,1-6H3/t21-,23+,26-,27-/m0/s1. The van der Waals surface area contributed by atoms with Crippen molar-refractivity contribution in [1.29, 1.82) is 0 Å². The van der Waals surface area contributed by atoms with Crippen LogP contribution in [0.15, 0.2) is 18.2 Å². The van der Waals surface area contributed by atoms with Crippen molar-refractivity contribution in [3.05, 3.63) is 23.8 Å². The van der Waals surface area contributed by atoms with Crippen LogP contribution >= 0.6 is 0 Å². The van der Waals surface area contributed by atoms with E-state index in [9.17, 15) is 9.90 Å². The molecular formula is C27H41NO6. The van der Waals surface area contributed by atoms with Gasteiger partial charge in [-0.1, -0.05) is 20.3 Å². The molecule has 1 aromatic rings. The first kappa shape index (κ1) is 25.1. The van der Waals surface area contributed by atoms with Crippen LogP contribution in [0.5, 0.6) is 11.5 Å². The maximum absolute atomic E-state index is 12.8. The zero-order valence-electron chi connectivity index (χ0n) is 21.6. The van der Waals surface area contributed by atoms with Gasteiger partial charge >= 0.3 is 6.09 Å². The molecule has 0 unspecified atom stereocenters. The van der Waals surface area contributed by atoms with Crippen LogP contribution in [0.2, 0.25) is 0 Å². The van der Waals surface area contributed by atoms with Gasteiger partial charge in [0, 0.05) is 24.1 Å². The highest BCUT2D eigenvalue weighted by atomic mass is 16.6. The van der Waals surface area contributed by atoms with Crippen LogP contribution in [0.25, 0.3) is 0 Å². The molecule has 7 heteroatoms. The van der Waals surface area contributed by atoms with Crippen molar-refractivity contribution in [3.63, 3.8) is 0 Å². The summed E-state index contributed by atoms with van der Waals surface area (Å²) in [7, 11) is 0. The van der Waals surface area contributed by atoms with Gasteiger partial charge in [0.1, 0.15) is 28.3 Å². The SMILES string of the molecule is CC(C)CCC[C@]1(C)Oc2cc(O)ccc2[C@H]2OC[C@]3(C[C@@H]21)CN(C(=O)OC(C)(C)C)CCO3. The van der Waals surface area contributed by atoms with Crippen LogP contribution in [0.4, 0.5) is 4.79 Å². The maximum atomic E-state index is 12.8. The van der Waals surface area contributed by atoms with Gasteiger partial charge in [-0.25, -0.2) is 4.79 Å². The Morgan fingerprint density at radius 1 is 1.32 bits per heavy atom. The molecule has 0 radical (unpaired) electrons. The van der Waals surface area contributed by atoms with E-state index in [4.69, 9.17) is 18.9 Å². The Morgan fingerprint density at radius 3 is 2.79 bits per heavy atom. The predicted octanol–water partition coefficient (Wildman–Crippen LogP) is 5.45. The van der Waals surface area contributed by atoms with E-state index in [0.29, 0.717) is 38.0 Å². The van der Waals surface area contributed by atoms with E-state index in [1.165, 1.54) is 0 Å². The lowest BCUT2D eigenvalue weighted by Gasteiger charge is -2.55. The minimum Gasteiger partial charge on any atom is -0.508 e. The van der Waals surface area contributed by atoms with Crippen LogP contribution in [0, 0.1) is 11.8 Å². The Kier molecular flexibility index (Phi) is 6.82. The van der Waals surface area contributed by atoms with E-state index in [-0.39, 0.29) is 23.9 Å². The highest BCUT2D eigenvalue weighted by molar-refractivity contribution is 5.68. The summed E-state index contributed by atoms with van der Waals surface area (Å²) in [6.45, 7) is 14.1. The number of nitrogens with zero attached hydrogens (tertiary/aromatic N) is 1. The summed E-state index contributed by atoms with van der Waals surface area (Å²) in [6.07, 6.45) is 3.34. The number of phenols is 1. The van der Waals surface area contributed by atoms with Crippen molar-refractivity contribution < 1.29 is 28.8 Å². The smallest absolute Gasteiger partial charge is 0.410 e. The Morgan fingerprint density at radius 2 is 2.09 bits per heavy atom. The largest absolute Gasteiger partial charge is 0.508 e. The zero-order valence-corrected chi connectivity index (χ0v) is 21.6. The van der Waals surface area contributed by atoms with E-state index < -0.39 is 16.8 Å². The monoisotopic (exact) mass is 475 g/mol. The average molecular weight is 476 g/mol. The molecule has 4 rings (SSSR count). The van der Waals surface area contributed by atoms with Crippen molar-refractivity contribution in [2.75, 3.05) is 26.3 Å². The van der Waals surface area contributed by atoms with Gasteiger partial charge < -0.3 is 29.0 Å². The molecule has 4 atom stereocenters. The van der Waals surface area contributed by atoms with Gasteiger partial charge in [0.25, 0.3) is 0 Å². The molecule has 3 aliphatic heterocycles. The molecular weight excluding hydrogens is 434 g/mol. The van der Waals surface area contributed by atoms with E-state index in [1.807, 2.05) is 26.8 Å². The second-order valence-electron chi connectivity index (χ2n) is 11.9. The van der Waals surface area contributed by atoms with Crippen LogP contribution in [-0.4, -0.2) is 59.2 Å². The second kappa shape index (κ2) is 9.23. The van der Waals surface area contributed by atoms with Gasteiger partial charge in [0.05, 0.1) is 25.9 Å². The van der Waals surface area contributed by atoms with Crippen LogP contribution in [-0.2, 0) is 14.2 Å². The number of carbonyl (C=O) groups excluding carboxylic acids is 1. The molecule has 34 heavy (non-hydrogen) atoms. The van der Waals surface area contributed by atoms with Gasteiger partial charge in [-0.05, 0) is 65.0 Å². The molecule has 1 N–H and O–H groups in total. The molecule has 3 aliphatic rings. The summed E-state index contributed by atoms with van der Waals surface area (Å²) in [6, 6.07) is 5.29. The first-order chi connectivity index (χ1) is 15.9. The van der Waals surface area contributed by atoms with Crippen LogP contribution in [0.1, 0.15) is 78.9 Å². The van der Waals surface area contributed by atoms with Crippen LogP contribution in [0.3, 0.4) is 0 Å². The van der Waals surface area contributed by atoms with Crippen molar-refractivity contribution in [2.45, 2.75) is 90.1 Å². The molecule has 0 aliphatic carbocycles. The number of hydrogen-bond acceptors (Lipinski definition) is 6. The number of carbonyl (C=O) groups is 1. The first-order valence-electron chi connectivity index (χ1n) is 12.7. The normalized spacial score (nSPS) is 31.1. The fourth-order valence-electron chi connectivity index (χ4n) is 5.58. The van der Waals surface area contributed by atoms with Gasteiger partial charge in [0.15, 0.2) is 0 Å². The number of benzene rings is 1. The fourth-order valence-corrected chi connectivity index (χ4v) is 5.58. The van der Waals surface area contributed by atoms with Crippen molar-refractivity contribution >= 4 is 6.09 Å². The summed E-state index contributed by atoms with van der Waals surface area (Å²) in [5.74, 6) is 1.57. The molecule has 1 aromatic carbocycles. The molecule has 3 heterocycles. The highest BCUT2D eigenvalue weighted by Gasteiger charge is 2.55. The van der Waals surface area contributed by atoms with Crippen molar-refractivity contribution in [1.82, 2.24) is 4.90 Å². The zero-order chi connectivity index (χ0) is 24.7. The summed E-state index contributed by atoms with van der Waals surface area (Å²) < 4.78 is 25.1. The minimum atomic E-state index is -0.590. The molecule has 1 spiro atoms. The Hall–Kier alpha value is -1.99. The topological polar surface area (TPSA) is 77.5 Å². The lowest BCUT2D eigenvalue weighted by Crippen LogP contribution is -2.63. The average Bonchev–Trinajstić information content (AvgIpc) is 2.72. The molecule has 2 saturated heterocycles. The Labute approximate surface area is 203 Å². The summed E-state index contributed by atoms with van der Waals surface area (Å²) in [4.78, 5) is 14.6. The van der Waals surface area contributed by atoms with E-state index >= 15 is 0 Å². The molecule has 0 aromatic heterocycles. The number of phenolic OH excluding ortho intramolecular Hbond substituents is 1. The lowest BCUT2D eigenvalue weighted by molar-refractivity contribution is -0.231.